The number of nitrogens with one attached hydrogen (secondary N) is 1. The Balaban J connectivity index is 1.61. The van der Waals surface area contributed by atoms with Gasteiger partial charge in [-0.25, -0.2) is 0 Å². The fraction of sp³-hybridized carbons (Fsp3) is 0.160. The molecule has 0 fully saturated rings. The maximum Gasteiger partial charge on any atom is 0.303 e. The van der Waals surface area contributed by atoms with Crippen molar-refractivity contribution in [2.24, 2.45) is 0 Å². The molecular weight excluding hydrogens is 362 g/mol. The number of carbonyl (C=O) groups is 1. The monoisotopic (exact) mass is 385 g/mol. The van der Waals surface area contributed by atoms with E-state index in [1.165, 1.54) is 5.56 Å². The Morgan fingerprint density at radius 1 is 0.897 bits per heavy atom. The van der Waals surface area contributed by atoms with Crippen LogP contribution in [0.25, 0.3) is 22.0 Å². The second kappa shape index (κ2) is 8.65. The van der Waals surface area contributed by atoms with Crippen molar-refractivity contribution in [2.75, 3.05) is 6.61 Å². The first-order valence-corrected chi connectivity index (χ1v) is 9.78. The molecular formula is C25H23NO3. The van der Waals surface area contributed by atoms with E-state index in [9.17, 15) is 4.79 Å². The summed E-state index contributed by atoms with van der Waals surface area (Å²) in [5.74, 6) is 0.0263. The van der Waals surface area contributed by atoms with Crippen LogP contribution in [0, 0.1) is 0 Å². The third kappa shape index (κ3) is 4.66. The number of hydrogen-bond acceptors (Lipinski definition) is 2. The molecule has 146 valence electrons. The Hall–Kier alpha value is -3.53. The van der Waals surface area contributed by atoms with Crippen molar-refractivity contribution in [1.82, 2.24) is 4.98 Å². The zero-order chi connectivity index (χ0) is 20.1. The average molecular weight is 385 g/mol. The van der Waals surface area contributed by atoms with Gasteiger partial charge in [-0.2, -0.15) is 0 Å². The summed E-state index contributed by atoms with van der Waals surface area (Å²) in [7, 11) is 0. The predicted octanol–water partition coefficient (Wildman–Crippen LogP) is 5.47. The van der Waals surface area contributed by atoms with Gasteiger partial charge in [0.25, 0.3) is 0 Å². The number of aromatic amines is 1. The van der Waals surface area contributed by atoms with Crippen molar-refractivity contribution in [3.05, 3.63) is 90.1 Å². The van der Waals surface area contributed by atoms with Crippen molar-refractivity contribution in [3.8, 4) is 16.9 Å². The molecule has 4 nitrogen and oxygen atoms in total. The molecule has 4 rings (SSSR count). The van der Waals surface area contributed by atoms with Gasteiger partial charge in [0.15, 0.2) is 0 Å². The van der Waals surface area contributed by atoms with Crippen LogP contribution in [0.2, 0.25) is 0 Å². The first-order chi connectivity index (χ1) is 14.2. The Morgan fingerprint density at radius 2 is 1.76 bits per heavy atom. The zero-order valence-corrected chi connectivity index (χ0v) is 16.1. The normalized spacial score (nSPS) is 10.9. The van der Waals surface area contributed by atoms with E-state index >= 15 is 0 Å². The van der Waals surface area contributed by atoms with Gasteiger partial charge in [0, 0.05) is 30.1 Å². The third-order valence-electron chi connectivity index (χ3n) is 5.03. The number of carboxylic acid groups (broad SMARTS) is 1. The maximum atomic E-state index is 11.0. The van der Waals surface area contributed by atoms with E-state index in [-0.39, 0.29) is 6.42 Å². The number of aromatic nitrogens is 1. The molecule has 29 heavy (non-hydrogen) atoms. The maximum absolute atomic E-state index is 11.0. The Bertz CT molecular complexity index is 1120. The van der Waals surface area contributed by atoms with Gasteiger partial charge in [0.1, 0.15) is 5.75 Å². The molecule has 0 bridgehead atoms. The number of carboxylic acids is 1. The van der Waals surface area contributed by atoms with Crippen LogP contribution >= 0.6 is 0 Å². The molecule has 4 aromatic rings. The van der Waals surface area contributed by atoms with E-state index in [0.29, 0.717) is 13.0 Å². The second-order valence-corrected chi connectivity index (χ2v) is 7.09. The summed E-state index contributed by atoms with van der Waals surface area (Å²) in [5.41, 5.74) is 5.36. The Labute approximate surface area is 169 Å². The number of hydrogen-bond donors (Lipinski definition) is 2. The van der Waals surface area contributed by atoms with E-state index in [2.05, 4.69) is 41.4 Å². The summed E-state index contributed by atoms with van der Waals surface area (Å²) in [6, 6.07) is 24.5. The topological polar surface area (TPSA) is 62.3 Å². The van der Waals surface area contributed by atoms with Gasteiger partial charge in [0.05, 0.1) is 6.61 Å². The van der Waals surface area contributed by atoms with Crippen molar-refractivity contribution in [2.45, 2.75) is 19.3 Å². The largest absolute Gasteiger partial charge is 0.493 e. The van der Waals surface area contributed by atoms with Crippen molar-refractivity contribution in [1.29, 1.82) is 0 Å². The average Bonchev–Trinajstić information content (AvgIpc) is 3.21. The standard InChI is InChI=1S/C25H23NO3/c27-25(28)11-7-19-6-10-24(29-15-13-18-4-2-1-3-5-18)22(16-19)20-8-9-23-21(17-20)12-14-26-23/h1-6,8-10,12,14,16-17,26H,7,11,13,15H2,(H,27,28). The molecule has 0 spiro atoms. The minimum Gasteiger partial charge on any atom is -0.493 e. The lowest BCUT2D eigenvalue weighted by Crippen LogP contribution is -2.03. The van der Waals surface area contributed by atoms with Crippen LogP contribution in [0.3, 0.4) is 0 Å². The number of H-pyrrole nitrogens is 1. The minimum atomic E-state index is -0.788. The van der Waals surface area contributed by atoms with Crippen molar-refractivity contribution >= 4 is 16.9 Å². The highest BCUT2D eigenvalue weighted by Gasteiger charge is 2.10. The quantitative estimate of drug-likeness (QED) is 0.422. The summed E-state index contributed by atoms with van der Waals surface area (Å²) in [6.45, 7) is 0.581. The van der Waals surface area contributed by atoms with Gasteiger partial charge in [-0.1, -0.05) is 42.5 Å². The summed E-state index contributed by atoms with van der Waals surface area (Å²) >= 11 is 0. The molecule has 0 saturated carbocycles. The SMILES string of the molecule is O=C(O)CCc1ccc(OCCc2ccccc2)c(-c2ccc3[nH]ccc3c2)c1. The Kier molecular flexibility index (Phi) is 5.61. The molecule has 0 radical (unpaired) electrons. The molecule has 4 heteroatoms. The van der Waals surface area contributed by atoms with Crippen LogP contribution in [-0.4, -0.2) is 22.7 Å². The number of rotatable bonds is 8. The first-order valence-electron chi connectivity index (χ1n) is 9.78. The van der Waals surface area contributed by atoms with Gasteiger partial charge in [-0.05, 0) is 58.8 Å². The highest BCUT2D eigenvalue weighted by molar-refractivity contribution is 5.86. The van der Waals surface area contributed by atoms with Gasteiger partial charge in [-0.15, -0.1) is 0 Å². The molecule has 0 unspecified atom stereocenters. The van der Waals surface area contributed by atoms with Gasteiger partial charge >= 0.3 is 5.97 Å². The summed E-state index contributed by atoms with van der Waals surface area (Å²) < 4.78 is 6.15. The summed E-state index contributed by atoms with van der Waals surface area (Å²) in [4.78, 5) is 14.2. The van der Waals surface area contributed by atoms with Crippen LogP contribution in [0.5, 0.6) is 5.75 Å². The molecule has 3 aromatic carbocycles. The highest BCUT2D eigenvalue weighted by atomic mass is 16.5. The van der Waals surface area contributed by atoms with E-state index in [0.717, 1.165) is 39.8 Å². The number of benzene rings is 3. The second-order valence-electron chi connectivity index (χ2n) is 7.09. The predicted molar refractivity (Wildman–Crippen MR) is 115 cm³/mol. The molecule has 0 atom stereocenters. The molecule has 0 amide bonds. The van der Waals surface area contributed by atoms with Crippen LogP contribution in [0.4, 0.5) is 0 Å². The van der Waals surface area contributed by atoms with Crippen molar-refractivity contribution < 1.29 is 14.6 Å². The van der Waals surface area contributed by atoms with Crippen LogP contribution < -0.4 is 4.74 Å². The van der Waals surface area contributed by atoms with Gasteiger partial charge < -0.3 is 14.8 Å². The number of aryl methyl sites for hydroxylation is 1. The third-order valence-corrected chi connectivity index (χ3v) is 5.03. The van der Waals surface area contributed by atoms with E-state index in [1.807, 2.05) is 42.6 Å². The Morgan fingerprint density at radius 3 is 2.59 bits per heavy atom. The molecule has 0 aliphatic carbocycles. The molecule has 1 aromatic heterocycles. The van der Waals surface area contributed by atoms with Gasteiger partial charge in [-0.3, -0.25) is 4.79 Å². The van der Waals surface area contributed by atoms with E-state index in [4.69, 9.17) is 9.84 Å². The lowest BCUT2D eigenvalue weighted by atomic mass is 9.99. The summed E-state index contributed by atoms with van der Waals surface area (Å²) in [6.07, 6.45) is 3.37. The summed E-state index contributed by atoms with van der Waals surface area (Å²) in [5, 5.41) is 10.1. The molecule has 0 aliphatic rings. The number of aliphatic carboxylic acids is 1. The molecule has 0 saturated heterocycles. The number of fused-ring (bicyclic) bond motifs is 1. The minimum absolute atomic E-state index is 0.116. The first kappa shape index (κ1) is 18.8. The van der Waals surface area contributed by atoms with Crippen LogP contribution in [-0.2, 0) is 17.6 Å². The zero-order valence-electron chi connectivity index (χ0n) is 16.1. The van der Waals surface area contributed by atoms with Gasteiger partial charge in [0.2, 0.25) is 0 Å². The fourth-order valence-electron chi connectivity index (χ4n) is 3.48. The molecule has 1 heterocycles. The number of ether oxygens (including phenoxy) is 1. The molecule has 0 aliphatic heterocycles. The van der Waals surface area contributed by atoms with E-state index in [1.54, 1.807) is 0 Å². The smallest absolute Gasteiger partial charge is 0.303 e. The van der Waals surface area contributed by atoms with Crippen LogP contribution in [0.1, 0.15) is 17.5 Å². The van der Waals surface area contributed by atoms with Crippen LogP contribution in [0.15, 0.2) is 79.0 Å². The van der Waals surface area contributed by atoms with E-state index < -0.39 is 5.97 Å². The fourth-order valence-corrected chi connectivity index (χ4v) is 3.48. The van der Waals surface area contributed by atoms with Crippen molar-refractivity contribution in [3.63, 3.8) is 0 Å². The molecule has 2 N–H and O–H groups in total. The lowest BCUT2D eigenvalue weighted by Gasteiger charge is -2.14. The highest BCUT2D eigenvalue weighted by Crippen LogP contribution is 2.33. The lowest BCUT2D eigenvalue weighted by molar-refractivity contribution is -0.136.